The lowest BCUT2D eigenvalue weighted by molar-refractivity contribution is 0.0711. The second-order valence-corrected chi connectivity index (χ2v) is 9.30. The largest absolute Gasteiger partial charge is 0.455 e. The molecule has 1 N–H and O–H groups in total. The number of aryl methyl sites for hydroxylation is 2. The molecule has 2 aromatic carbocycles. The summed E-state index contributed by atoms with van der Waals surface area (Å²) in [4.78, 5) is 29.6. The van der Waals surface area contributed by atoms with E-state index in [1.165, 1.54) is 6.07 Å². The van der Waals surface area contributed by atoms with E-state index in [9.17, 15) is 14.0 Å². The number of carbonyl (C=O) groups excluding carboxylic acids is 2. The highest BCUT2D eigenvalue weighted by Crippen LogP contribution is 2.31. The Balaban J connectivity index is 1.30. The highest BCUT2D eigenvalue weighted by atomic mass is 19.1. The predicted octanol–water partition coefficient (Wildman–Crippen LogP) is 4.47. The summed E-state index contributed by atoms with van der Waals surface area (Å²) in [6, 6.07) is 14.0. The number of fused-ring (bicyclic) bond motifs is 1. The number of hydrazone groups is 1. The van der Waals surface area contributed by atoms with Crippen molar-refractivity contribution in [2.45, 2.75) is 33.1 Å². The smallest absolute Gasteiger partial charge is 0.289 e. The molecule has 1 fully saturated rings. The van der Waals surface area contributed by atoms with Crippen molar-refractivity contribution < 1.29 is 18.4 Å². The molecule has 0 unspecified atom stereocenters. The topological polar surface area (TPSA) is 78.1 Å². The van der Waals surface area contributed by atoms with Gasteiger partial charge in [-0.1, -0.05) is 29.8 Å². The fourth-order valence-electron chi connectivity index (χ4n) is 4.87. The van der Waals surface area contributed by atoms with Gasteiger partial charge in [0.1, 0.15) is 11.6 Å². The van der Waals surface area contributed by atoms with Crippen LogP contribution in [0.4, 0.5) is 10.1 Å². The molecule has 3 aromatic rings. The van der Waals surface area contributed by atoms with E-state index in [2.05, 4.69) is 10.5 Å². The van der Waals surface area contributed by atoms with Crippen LogP contribution in [-0.4, -0.2) is 48.6 Å². The number of carbonyl (C=O) groups is 2. The number of furan rings is 1. The Kier molecular flexibility index (Phi) is 6.59. The Hall–Kier alpha value is -3.94. The zero-order valence-electron chi connectivity index (χ0n) is 20.5. The van der Waals surface area contributed by atoms with Gasteiger partial charge in [0.25, 0.3) is 11.8 Å². The lowest BCUT2D eigenvalue weighted by atomic mass is 9.93. The SMILES string of the molecule is Cc1ccc(C(=O)N/N=C2\CCCc3oc(C(=O)N4CCN(c5ccccc5F)CC4)c(C)c32)cc1. The first-order valence-electron chi connectivity index (χ1n) is 12.3. The van der Waals surface area contributed by atoms with E-state index in [4.69, 9.17) is 4.42 Å². The van der Waals surface area contributed by atoms with Crippen LogP contribution in [0.2, 0.25) is 0 Å². The number of para-hydroxylation sites is 1. The summed E-state index contributed by atoms with van der Waals surface area (Å²) in [7, 11) is 0. The molecule has 0 bridgehead atoms. The zero-order chi connectivity index (χ0) is 25.2. The third-order valence-electron chi connectivity index (χ3n) is 6.89. The fraction of sp³-hybridized carbons (Fsp3) is 0.321. The van der Waals surface area contributed by atoms with Crippen LogP contribution in [0.25, 0.3) is 0 Å². The summed E-state index contributed by atoms with van der Waals surface area (Å²) < 4.78 is 20.2. The first kappa shape index (κ1) is 23.8. The van der Waals surface area contributed by atoms with Crippen molar-refractivity contribution in [2.24, 2.45) is 5.10 Å². The van der Waals surface area contributed by atoms with Crippen LogP contribution in [0.1, 0.15) is 56.2 Å². The molecule has 7 nitrogen and oxygen atoms in total. The number of nitrogens with zero attached hydrogens (tertiary/aromatic N) is 3. The summed E-state index contributed by atoms with van der Waals surface area (Å²) >= 11 is 0. The molecule has 1 aromatic heterocycles. The van der Waals surface area contributed by atoms with Gasteiger partial charge in [-0.3, -0.25) is 9.59 Å². The van der Waals surface area contributed by atoms with Crippen LogP contribution in [0, 0.1) is 19.7 Å². The van der Waals surface area contributed by atoms with E-state index < -0.39 is 0 Å². The van der Waals surface area contributed by atoms with E-state index in [1.54, 1.807) is 29.2 Å². The lowest BCUT2D eigenvalue weighted by Gasteiger charge is -2.35. The number of rotatable bonds is 4. The van der Waals surface area contributed by atoms with E-state index in [-0.39, 0.29) is 17.6 Å². The van der Waals surface area contributed by atoms with Gasteiger partial charge in [0.15, 0.2) is 5.76 Å². The molecule has 186 valence electrons. The minimum Gasteiger partial charge on any atom is -0.455 e. The molecule has 36 heavy (non-hydrogen) atoms. The third-order valence-corrected chi connectivity index (χ3v) is 6.89. The van der Waals surface area contributed by atoms with Crippen molar-refractivity contribution in [1.29, 1.82) is 0 Å². The number of hydrogen-bond donors (Lipinski definition) is 1. The van der Waals surface area contributed by atoms with Gasteiger partial charge in [0, 0.05) is 49.3 Å². The summed E-state index contributed by atoms with van der Waals surface area (Å²) in [5.74, 6) is 0.347. The Morgan fingerprint density at radius 3 is 2.42 bits per heavy atom. The van der Waals surface area contributed by atoms with Crippen LogP contribution in [0.5, 0.6) is 0 Å². The number of halogens is 1. The number of piperazine rings is 1. The van der Waals surface area contributed by atoms with Crippen LogP contribution in [0.3, 0.4) is 0 Å². The molecular formula is C28H29FN4O3. The highest BCUT2D eigenvalue weighted by Gasteiger charge is 2.32. The molecular weight excluding hydrogens is 459 g/mol. The number of hydrogen-bond acceptors (Lipinski definition) is 5. The summed E-state index contributed by atoms with van der Waals surface area (Å²) in [5, 5.41) is 4.41. The van der Waals surface area contributed by atoms with E-state index in [1.807, 2.05) is 36.9 Å². The van der Waals surface area contributed by atoms with E-state index >= 15 is 0 Å². The van der Waals surface area contributed by atoms with Crippen molar-refractivity contribution in [2.75, 3.05) is 31.1 Å². The van der Waals surface area contributed by atoms with Gasteiger partial charge in [-0.05, 0) is 51.0 Å². The maximum Gasteiger partial charge on any atom is 0.289 e. The second kappa shape index (κ2) is 9.97. The first-order chi connectivity index (χ1) is 17.4. The molecule has 2 aliphatic rings. The van der Waals surface area contributed by atoms with Gasteiger partial charge in [-0.2, -0.15) is 5.10 Å². The predicted molar refractivity (Wildman–Crippen MR) is 136 cm³/mol. The monoisotopic (exact) mass is 488 g/mol. The number of anilines is 1. The molecule has 0 radical (unpaired) electrons. The number of nitrogens with one attached hydrogen (secondary N) is 1. The maximum absolute atomic E-state index is 14.2. The van der Waals surface area contributed by atoms with Crippen LogP contribution >= 0.6 is 0 Å². The average Bonchev–Trinajstić information content (AvgIpc) is 3.24. The van der Waals surface area contributed by atoms with Crippen molar-refractivity contribution in [3.05, 3.63) is 88.1 Å². The van der Waals surface area contributed by atoms with Gasteiger partial charge in [0.2, 0.25) is 0 Å². The number of benzene rings is 2. The average molecular weight is 489 g/mol. The summed E-state index contributed by atoms with van der Waals surface area (Å²) in [6.07, 6.45) is 2.24. The van der Waals surface area contributed by atoms with Gasteiger partial charge in [-0.15, -0.1) is 0 Å². The standard InChI is InChI=1S/C28H29FN4O3/c1-18-10-12-20(13-11-18)27(34)31-30-22-7-5-9-24-25(22)19(2)26(36-24)28(35)33-16-14-32(15-17-33)23-8-4-3-6-21(23)29/h3-4,6,8,10-13H,5,7,9,14-17H2,1-2H3,(H,31,34)/b30-22+. The second-order valence-electron chi connectivity index (χ2n) is 9.30. The van der Waals surface area contributed by atoms with Gasteiger partial charge in [-0.25, -0.2) is 9.82 Å². The maximum atomic E-state index is 14.2. The molecule has 0 atom stereocenters. The Labute approximate surface area is 209 Å². The molecule has 1 aliphatic carbocycles. The van der Waals surface area contributed by atoms with E-state index in [0.717, 1.165) is 41.0 Å². The van der Waals surface area contributed by atoms with Crippen molar-refractivity contribution >= 4 is 23.2 Å². The molecule has 8 heteroatoms. The van der Waals surface area contributed by atoms with Gasteiger partial charge >= 0.3 is 0 Å². The first-order valence-corrected chi connectivity index (χ1v) is 12.3. The molecule has 1 aliphatic heterocycles. The van der Waals surface area contributed by atoms with Crippen LogP contribution in [-0.2, 0) is 6.42 Å². The van der Waals surface area contributed by atoms with Crippen molar-refractivity contribution in [3.63, 3.8) is 0 Å². The quantitative estimate of drug-likeness (QED) is 0.550. The molecule has 0 spiro atoms. The zero-order valence-corrected chi connectivity index (χ0v) is 20.5. The molecule has 5 rings (SSSR count). The molecule has 0 saturated carbocycles. The minimum absolute atomic E-state index is 0.168. The highest BCUT2D eigenvalue weighted by molar-refractivity contribution is 6.07. The minimum atomic E-state index is -0.278. The third kappa shape index (κ3) is 4.63. The van der Waals surface area contributed by atoms with Crippen molar-refractivity contribution in [1.82, 2.24) is 10.3 Å². The van der Waals surface area contributed by atoms with Gasteiger partial charge in [0.05, 0.1) is 11.4 Å². The van der Waals surface area contributed by atoms with Crippen LogP contribution < -0.4 is 10.3 Å². The molecule has 2 heterocycles. The molecule has 1 saturated heterocycles. The summed E-state index contributed by atoms with van der Waals surface area (Å²) in [5.41, 5.74) is 7.12. The van der Waals surface area contributed by atoms with Gasteiger partial charge < -0.3 is 14.2 Å². The fourth-order valence-corrected chi connectivity index (χ4v) is 4.87. The Morgan fingerprint density at radius 2 is 1.69 bits per heavy atom. The summed E-state index contributed by atoms with van der Waals surface area (Å²) in [6.45, 7) is 5.88. The molecule has 2 amide bonds. The van der Waals surface area contributed by atoms with E-state index in [0.29, 0.717) is 49.6 Å². The Bertz CT molecular complexity index is 1320. The lowest BCUT2D eigenvalue weighted by Crippen LogP contribution is -2.49. The Morgan fingerprint density at radius 1 is 0.972 bits per heavy atom. The van der Waals surface area contributed by atoms with Crippen LogP contribution in [0.15, 0.2) is 58.0 Å². The van der Waals surface area contributed by atoms with Crippen molar-refractivity contribution in [3.8, 4) is 0 Å². The number of amides is 2. The normalized spacial score (nSPS) is 16.7.